The van der Waals surface area contributed by atoms with Crippen molar-refractivity contribution in [1.29, 1.82) is 0 Å². The van der Waals surface area contributed by atoms with Crippen molar-refractivity contribution in [2.45, 2.75) is 26.4 Å². The molecule has 2 aromatic rings. The molecular weight excluding hydrogens is 288 g/mol. The fourth-order valence-electron chi connectivity index (χ4n) is 1.90. The van der Waals surface area contributed by atoms with Crippen molar-refractivity contribution in [2.24, 2.45) is 0 Å². The Hall–Kier alpha value is -1.19. The Labute approximate surface area is 117 Å². The van der Waals surface area contributed by atoms with Crippen LogP contribution in [-0.4, -0.2) is 4.98 Å². The molecule has 0 radical (unpaired) electrons. The molecule has 1 aromatic carbocycles. The van der Waals surface area contributed by atoms with E-state index in [1.807, 2.05) is 18.5 Å². The average Bonchev–Trinajstić information content (AvgIpc) is 2.38. The summed E-state index contributed by atoms with van der Waals surface area (Å²) in [5.74, 6) is 0. The number of hydrogen-bond donors (Lipinski definition) is 1. The number of benzene rings is 1. The Bertz CT molecular complexity index is 525. The van der Waals surface area contributed by atoms with Crippen LogP contribution in [0.5, 0.6) is 0 Å². The maximum atomic E-state index is 4.11. The van der Waals surface area contributed by atoms with Gasteiger partial charge < -0.3 is 5.32 Å². The molecule has 2 rings (SSSR count). The number of pyridine rings is 1. The number of hydrogen-bond acceptors (Lipinski definition) is 2. The van der Waals surface area contributed by atoms with Gasteiger partial charge >= 0.3 is 0 Å². The normalized spacial score (nSPS) is 12.4. The minimum atomic E-state index is 0.313. The molecule has 0 aliphatic carbocycles. The first-order valence-corrected chi connectivity index (χ1v) is 6.85. The topological polar surface area (TPSA) is 24.9 Å². The highest BCUT2D eigenvalue weighted by Crippen LogP contribution is 2.23. The smallest absolute Gasteiger partial charge is 0.0306 e. The van der Waals surface area contributed by atoms with Crippen LogP contribution in [0.2, 0.25) is 0 Å². The van der Waals surface area contributed by atoms with Crippen LogP contribution in [0.4, 0.5) is 0 Å². The summed E-state index contributed by atoms with van der Waals surface area (Å²) in [6.07, 6.45) is 3.74. The molecule has 2 nitrogen and oxygen atoms in total. The second-order valence-electron chi connectivity index (χ2n) is 4.43. The van der Waals surface area contributed by atoms with Crippen molar-refractivity contribution in [3.05, 3.63) is 63.9 Å². The predicted molar refractivity (Wildman–Crippen MR) is 78.4 cm³/mol. The first-order valence-electron chi connectivity index (χ1n) is 6.06. The SMILES string of the molecule is Cc1cnccc1CNC(C)c1ccccc1Br. The Morgan fingerprint density at radius 2 is 2.06 bits per heavy atom. The van der Waals surface area contributed by atoms with E-state index in [-0.39, 0.29) is 0 Å². The van der Waals surface area contributed by atoms with Gasteiger partial charge in [-0.25, -0.2) is 0 Å². The van der Waals surface area contributed by atoms with Crippen molar-refractivity contribution in [3.8, 4) is 0 Å². The lowest BCUT2D eigenvalue weighted by Gasteiger charge is -2.16. The van der Waals surface area contributed by atoms with Crippen molar-refractivity contribution in [1.82, 2.24) is 10.3 Å². The zero-order chi connectivity index (χ0) is 13.0. The molecule has 18 heavy (non-hydrogen) atoms. The van der Waals surface area contributed by atoms with Gasteiger partial charge in [0.2, 0.25) is 0 Å². The summed E-state index contributed by atoms with van der Waals surface area (Å²) in [6.45, 7) is 5.13. The van der Waals surface area contributed by atoms with E-state index >= 15 is 0 Å². The molecular formula is C15H17BrN2. The third-order valence-electron chi connectivity index (χ3n) is 3.11. The molecule has 1 N–H and O–H groups in total. The van der Waals surface area contributed by atoms with E-state index in [0.717, 1.165) is 11.0 Å². The molecule has 1 heterocycles. The number of aryl methyl sites for hydroxylation is 1. The van der Waals surface area contributed by atoms with Crippen LogP contribution in [0.3, 0.4) is 0 Å². The lowest BCUT2D eigenvalue weighted by atomic mass is 10.1. The highest BCUT2D eigenvalue weighted by molar-refractivity contribution is 9.10. The maximum Gasteiger partial charge on any atom is 0.0306 e. The van der Waals surface area contributed by atoms with Crippen LogP contribution in [-0.2, 0) is 6.54 Å². The summed E-state index contributed by atoms with van der Waals surface area (Å²) >= 11 is 3.59. The third kappa shape index (κ3) is 3.18. The maximum absolute atomic E-state index is 4.11. The van der Waals surface area contributed by atoms with Gasteiger partial charge in [-0.3, -0.25) is 4.98 Å². The van der Waals surface area contributed by atoms with Crippen molar-refractivity contribution >= 4 is 15.9 Å². The Balaban J connectivity index is 2.03. The third-order valence-corrected chi connectivity index (χ3v) is 3.83. The van der Waals surface area contributed by atoms with Crippen LogP contribution >= 0.6 is 15.9 Å². The van der Waals surface area contributed by atoms with E-state index in [9.17, 15) is 0 Å². The second kappa shape index (κ2) is 6.12. The van der Waals surface area contributed by atoms with Crippen molar-refractivity contribution < 1.29 is 0 Å². The van der Waals surface area contributed by atoms with E-state index in [1.54, 1.807) is 0 Å². The number of nitrogens with one attached hydrogen (secondary N) is 1. The van der Waals surface area contributed by atoms with E-state index in [1.165, 1.54) is 16.7 Å². The van der Waals surface area contributed by atoms with Crippen molar-refractivity contribution in [3.63, 3.8) is 0 Å². The Morgan fingerprint density at radius 3 is 2.78 bits per heavy atom. The van der Waals surface area contributed by atoms with Gasteiger partial charge in [0.1, 0.15) is 0 Å². The van der Waals surface area contributed by atoms with Crippen LogP contribution < -0.4 is 5.32 Å². The van der Waals surface area contributed by atoms with Gasteiger partial charge in [0, 0.05) is 29.5 Å². The van der Waals surface area contributed by atoms with Gasteiger partial charge in [-0.1, -0.05) is 34.1 Å². The molecule has 0 saturated heterocycles. The number of aromatic nitrogens is 1. The van der Waals surface area contributed by atoms with Gasteiger partial charge in [-0.2, -0.15) is 0 Å². The summed E-state index contributed by atoms with van der Waals surface area (Å²) in [7, 11) is 0. The van der Waals surface area contributed by atoms with Gasteiger partial charge in [0.05, 0.1) is 0 Å². The summed E-state index contributed by atoms with van der Waals surface area (Å²) in [5.41, 5.74) is 3.80. The molecule has 0 fully saturated rings. The van der Waals surface area contributed by atoms with E-state index < -0.39 is 0 Å². The quantitative estimate of drug-likeness (QED) is 0.923. The average molecular weight is 305 g/mol. The minimum absolute atomic E-state index is 0.313. The van der Waals surface area contributed by atoms with Crippen LogP contribution in [0, 0.1) is 6.92 Å². The molecule has 0 aliphatic heterocycles. The summed E-state index contributed by atoms with van der Waals surface area (Å²) in [4.78, 5) is 4.11. The highest BCUT2D eigenvalue weighted by Gasteiger charge is 2.08. The molecule has 1 unspecified atom stereocenters. The summed E-state index contributed by atoms with van der Waals surface area (Å²) in [5, 5.41) is 3.54. The summed E-state index contributed by atoms with van der Waals surface area (Å²) in [6, 6.07) is 10.7. The number of rotatable bonds is 4. The molecule has 1 aromatic heterocycles. The molecule has 0 aliphatic rings. The minimum Gasteiger partial charge on any atom is -0.306 e. The summed E-state index contributed by atoms with van der Waals surface area (Å²) < 4.78 is 1.15. The largest absolute Gasteiger partial charge is 0.306 e. The molecule has 0 saturated carbocycles. The van der Waals surface area contributed by atoms with Crippen LogP contribution in [0.25, 0.3) is 0 Å². The Morgan fingerprint density at radius 1 is 1.28 bits per heavy atom. The first kappa shape index (κ1) is 13.2. The number of nitrogens with zero attached hydrogens (tertiary/aromatic N) is 1. The lowest BCUT2D eigenvalue weighted by Crippen LogP contribution is -2.19. The molecule has 94 valence electrons. The number of halogens is 1. The molecule has 0 bridgehead atoms. The first-order chi connectivity index (χ1) is 8.68. The second-order valence-corrected chi connectivity index (χ2v) is 5.28. The Kier molecular flexibility index (Phi) is 4.50. The standard InChI is InChI=1S/C15H17BrN2/c1-11-9-17-8-7-13(11)10-18-12(2)14-5-3-4-6-15(14)16/h3-9,12,18H,10H2,1-2H3. The van der Waals surface area contributed by atoms with Gasteiger partial charge in [-0.15, -0.1) is 0 Å². The molecule has 0 spiro atoms. The molecule has 1 atom stereocenters. The highest BCUT2D eigenvalue weighted by atomic mass is 79.9. The van der Waals surface area contributed by atoms with E-state index in [2.05, 4.69) is 64.3 Å². The van der Waals surface area contributed by atoms with E-state index in [0.29, 0.717) is 6.04 Å². The predicted octanol–water partition coefficient (Wildman–Crippen LogP) is 4.00. The molecule has 0 amide bonds. The van der Waals surface area contributed by atoms with Gasteiger partial charge in [0.25, 0.3) is 0 Å². The fourth-order valence-corrected chi connectivity index (χ4v) is 2.53. The fraction of sp³-hybridized carbons (Fsp3) is 0.267. The van der Waals surface area contributed by atoms with Crippen LogP contribution in [0.15, 0.2) is 47.2 Å². The molecule has 3 heteroatoms. The van der Waals surface area contributed by atoms with E-state index in [4.69, 9.17) is 0 Å². The lowest BCUT2D eigenvalue weighted by molar-refractivity contribution is 0.571. The monoisotopic (exact) mass is 304 g/mol. The zero-order valence-electron chi connectivity index (χ0n) is 10.7. The van der Waals surface area contributed by atoms with Gasteiger partial charge in [0.15, 0.2) is 0 Å². The zero-order valence-corrected chi connectivity index (χ0v) is 12.2. The van der Waals surface area contributed by atoms with Gasteiger partial charge in [-0.05, 0) is 42.7 Å². The van der Waals surface area contributed by atoms with Crippen molar-refractivity contribution in [2.75, 3.05) is 0 Å². The van der Waals surface area contributed by atoms with Crippen LogP contribution in [0.1, 0.15) is 29.7 Å².